The minimum atomic E-state index is 0.0133. The van der Waals surface area contributed by atoms with E-state index in [-0.39, 0.29) is 18.0 Å². The summed E-state index contributed by atoms with van der Waals surface area (Å²) in [5.41, 5.74) is 2.36. The van der Waals surface area contributed by atoms with Gasteiger partial charge in [-0.05, 0) is 38.0 Å². The van der Waals surface area contributed by atoms with Gasteiger partial charge in [-0.25, -0.2) is 0 Å². The van der Waals surface area contributed by atoms with Crippen molar-refractivity contribution in [1.82, 2.24) is 25.4 Å². The molecule has 0 spiro atoms. The Kier molecular flexibility index (Phi) is 5.50. The van der Waals surface area contributed by atoms with Crippen LogP contribution in [0.3, 0.4) is 0 Å². The number of aromatic amines is 1. The van der Waals surface area contributed by atoms with Crippen molar-refractivity contribution in [3.8, 4) is 0 Å². The topological polar surface area (TPSA) is 74.7 Å². The quantitative estimate of drug-likeness (QED) is 0.589. The van der Waals surface area contributed by atoms with Crippen LogP contribution < -0.4 is 10.6 Å². The Hall–Kier alpha value is -2.60. The SMILES string of the molecule is CC(NCC(=O)NCCc1c[nH]c2ccccc12)C(C)n1cccn1. The first-order chi connectivity index (χ1) is 12.1. The highest BCUT2D eigenvalue weighted by molar-refractivity contribution is 5.83. The van der Waals surface area contributed by atoms with Gasteiger partial charge in [-0.1, -0.05) is 18.2 Å². The van der Waals surface area contributed by atoms with Gasteiger partial charge >= 0.3 is 0 Å². The van der Waals surface area contributed by atoms with Gasteiger partial charge in [0.05, 0.1) is 12.6 Å². The maximum atomic E-state index is 12.0. The van der Waals surface area contributed by atoms with Gasteiger partial charge in [0.25, 0.3) is 0 Å². The Balaban J connectivity index is 1.41. The minimum absolute atomic E-state index is 0.0133. The number of fused-ring (bicyclic) bond motifs is 1. The van der Waals surface area contributed by atoms with Crippen LogP contribution in [-0.4, -0.2) is 39.8 Å². The normalized spacial score (nSPS) is 13.7. The van der Waals surface area contributed by atoms with Crippen LogP contribution in [-0.2, 0) is 11.2 Å². The molecule has 0 aliphatic heterocycles. The summed E-state index contributed by atoms with van der Waals surface area (Å²) in [5.74, 6) is 0.0133. The summed E-state index contributed by atoms with van der Waals surface area (Å²) in [4.78, 5) is 15.3. The summed E-state index contributed by atoms with van der Waals surface area (Å²) >= 11 is 0. The predicted molar refractivity (Wildman–Crippen MR) is 99.4 cm³/mol. The molecular weight excluding hydrogens is 314 g/mol. The largest absolute Gasteiger partial charge is 0.361 e. The molecule has 0 saturated carbocycles. The molecule has 0 saturated heterocycles. The monoisotopic (exact) mass is 339 g/mol. The van der Waals surface area contributed by atoms with E-state index < -0.39 is 0 Å². The van der Waals surface area contributed by atoms with Gasteiger partial charge in [-0.2, -0.15) is 5.10 Å². The standard InChI is InChI=1S/C19H25N5O/c1-14(15(2)24-11-5-9-23-24)21-13-19(25)20-10-8-16-12-22-18-7-4-3-6-17(16)18/h3-7,9,11-12,14-15,21-22H,8,10,13H2,1-2H3,(H,20,25). The highest BCUT2D eigenvalue weighted by Gasteiger charge is 2.14. The predicted octanol–water partition coefficient (Wildman–Crippen LogP) is 2.26. The van der Waals surface area contributed by atoms with Crippen LogP contribution in [0.1, 0.15) is 25.5 Å². The molecule has 25 heavy (non-hydrogen) atoms. The summed E-state index contributed by atoms with van der Waals surface area (Å²) in [6, 6.07) is 10.5. The average Bonchev–Trinajstić information content (AvgIpc) is 3.29. The molecule has 0 aliphatic carbocycles. The van der Waals surface area contributed by atoms with E-state index in [0.29, 0.717) is 13.1 Å². The zero-order valence-electron chi connectivity index (χ0n) is 14.7. The van der Waals surface area contributed by atoms with Crippen molar-refractivity contribution >= 4 is 16.8 Å². The van der Waals surface area contributed by atoms with Crippen LogP contribution in [0.25, 0.3) is 10.9 Å². The third-order valence-corrected chi connectivity index (χ3v) is 4.64. The Morgan fingerprint density at radius 3 is 2.92 bits per heavy atom. The zero-order valence-corrected chi connectivity index (χ0v) is 14.7. The molecule has 0 radical (unpaired) electrons. The second-order valence-electron chi connectivity index (χ2n) is 6.36. The van der Waals surface area contributed by atoms with E-state index in [2.05, 4.69) is 46.7 Å². The molecule has 3 N–H and O–H groups in total. The Morgan fingerprint density at radius 1 is 1.28 bits per heavy atom. The maximum Gasteiger partial charge on any atom is 0.233 e. The van der Waals surface area contributed by atoms with Gasteiger partial charge < -0.3 is 15.6 Å². The molecule has 3 rings (SSSR count). The Labute approximate surface area is 147 Å². The van der Waals surface area contributed by atoms with Crippen molar-refractivity contribution in [1.29, 1.82) is 0 Å². The van der Waals surface area contributed by atoms with Crippen LogP contribution in [0.2, 0.25) is 0 Å². The van der Waals surface area contributed by atoms with Crippen molar-refractivity contribution in [2.45, 2.75) is 32.4 Å². The van der Waals surface area contributed by atoms with E-state index in [9.17, 15) is 4.79 Å². The fourth-order valence-corrected chi connectivity index (χ4v) is 2.91. The van der Waals surface area contributed by atoms with Gasteiger partial charge in [0.1, 0.15) is 0 Å². The fraction of sp³-hybridized carbons (Fsp3) is 0.368. The van der Waals surface area contributed by atoms with Gasteiger partial charge in [-0.15, -0.1) is 0 Å². The Bertz CT molecular complexity index is 808. The third-order valence-electron chi connectivity index (χ3n) is 4.64. The zero-order chi connectivity index (χ0) is 17.6. The first-order valence-corrected chi connectivity index (χ1v) is 8.69. The third kappa shape index (κ3) is 4.28. The molecule has 0 aliphatic rings. The molecular formula is C19H25N5O. The lowest BCUT2D eigenvalue weighted by Crippen LogP contribution is -2.41. The molecule has 3 aromatic rings. The van der Waals surface area contributed by atoms with Crippen LogP contribution in [0.15, 0.2) is 48.9 Å². The molecule has 1 aromatic carbocycles. The number of rotatable bonds is 8. The van der Waals surface area contributed by atoms with Crippen LogP contribution in [0.4, 0.5) is 0 Å². The van der Waals surface area contributed by atoms with E-state index in [1.165, 1.54) is 10.9 Å². The molecule has 1 amide bonds. The van der Waals surface area contributed by atoms with E-state index >= 15 is 0 Å². The van der Waals surface area contributed by atoms with Crippen molar-refractivity contribution in [2.24, 2.45) is 0 Å². The number of nitrogens with zero attached hydrogens (tertiary/aromatic N) is 2. The number of amides is 1. The second-order valence-corrected chi connectivity index (χ2v) is 6.36. The molecule has 0 fully saturated rings. The molecule has 6 heteroatoms. The number of hydrogen-bond acceptors (Lipinski definition) is 3. The molecule has 0 bridgehead atoms. The summed E-state index contributed by atoms with van der Waals surface area (Å²) < 4.78 is 1.90. The minimum Gasteiger partial charge on any atom is -0.361 e. The number of carbonyl (C=O) groups excluding carboxylic acids is 1. The van der Waals surface area contributed by atoms with Crippen molar-refractivity contribution in [3.63, 3.8) is 0 Å². The van der Waals surface area contributed by atoms with E-state index in [1.54, 1.807) is 6.20 Å². The van der Waals surface area contributed by atoms with E-state index in [4.69, 9.17) is 0 Å². The number of nitrogens with one attached hydrogen (secondary N) is 3. The number of H-pyrrole nitrogens is 1. The molecule has 132 valence electrons. The lowest BCUT2D eigenvalue weighted by molar-refractivity contribution is -0.120. The van der Waals surface area contributed by atoms with Crippen molar-refractivity contribution < 1.29 is 4.79 Å². The van der Waals surface area contributed by atoms with Gasteiger partial charge in [0.2, 0.25) is 5.91 Å². The summed E-state index contributed by atoms with van der Waals surface area (Å²) in [6.45, 7) is 5.08. The highest BCUT2D eigenvalue weighted by Crippen LogP contribution is 2.17. The molecule has 2 atom stereocenters. The Morgan fingerprint density at radius 2 is 2.12 bits per heavy atom. The first-order valence-electron chi connectivity index (χ1n) is 8.69. The maximum absolute atomic E-state index is 12.0. The van der Waals surface area contributed by atoms with Crippen LogP contribution >= 0.6 is 0 Å². The van der Waals surface area contributed by atoms with Gasteiger partial charge in [0.15, 0.2) is 0 Å². The molecule has 2 unspecified atom stereocenters. The number of carbonyl (C=O) groups is 1. The summed E-state index contributed by atoms with van der Waals surface area (Å²) in [7, 11) is 0. The van der Waals surface area contributed by atoms with Crippen LogP contribution in [0, 0.1) is 0 Å². The van der Waals surface area contributed by atoms with Crippen molar-refractivity contribution in [2.75, 3.05) is 13.1 Å². The fourth-order valence-electron chi connectivity index (χ4n) is 2.91. The number of benzene rings is 1. The highest BCUT2D eigenvalue weighted by atomic mass is 16.1. The number of aromatic nitrogens is 3. The first kappa shape index (κ1) is 17.2. The van der Waals surface area contributed by atoms with E-state index in [1.807, 2.05) is 35.3 Å². The van der Waals surface area contributed by atoms with Crippen LogP contribution in [0.5, 0.6) is 0 Å². The average molecular weight is 339 g/mol. The van der Waals surface area contributed by atoms with Crippen molar-refractivity contribution in [3.05, 3.63) is 54.5 Å². The summed E-state index contributed by atoms with van der Waals surface area (Å²) in [6.07, 6.45) is 6.53. The molecule has 2 heterocycles. The molecule has 2 aromatic heterocycles. The molecule has 6 nitrogen and oxygen atoms in total. The van der Waals surface area contributed by atoms with E-state index in [0.717, 1.165) is 11.9 Å². The lowest BCUT2D eigenvalue weighted by atomic mass is 10.1. The number of para-hydroxylation sites is 1. The van der Waals surface area contributed by atoms with Gasteiger partial charge in [-0.3, -0.25) is 9.48 Å². The second kappa shape index (κ2) is 7.98. The van der Waals surface area contributed by atoms with Gasteiger partial charge in [0, 0.05) is 42.1 Å². The smallest absolute Gasteiger partial charge is 0.233 e. The lowest BCUT2D eigenvalue weighted by Gasteiger charge is -2.21. The number of hydrogen-bond donors (Lipinski definition) is 3. The summed E-state index contributed by atoms with van der Waals surface area (Å²) in [5, 5.41) is 11.7.